The third-order valence-electron chi connectivity index (χ3n) is 3.83. The first-order valence-corrected chi connectivity index (χ1v) is 5.68. The molecule has 4 nitrogen and oxygen atoms in total. The van der Waals surface area contributed by atoms with Crippen LogP contribution >= 0.6 is 12.4 Å². The van der Waals surface area contributed by atoms with Gasteiger partial charge in [0.25, 0.3) is 0 Å². The van der Waals surface area contributed by atoms with Gasteiger partial charge in [0.05, 0.1) is 12.6 Å². The molecule has 1 amide bonds. The number of hydrogen-bond acceptors (Lipinski definition) is 3. The van der Waals surface area contributed by atoms with E-state index in [-0.39, 0.29) is 36.3 Å². The molecule has 0 bridgehead atoms. The Morgan fingerprint density at radius 2 is 2.25 bits per heavy atom. The van der Waals surface area contributed by atoms with Crippen LogP contribution in [0.4, 0.5) is 0 Å². The average molecular weight is 249 g/mol. The fourth-order valence-electron chi connectivity index (χ4n) is 3.05. The lowest BCUT2D eigenvalue weighted by atomic mass is 9.55. The molecule has 2 aliphatic rings. The molecule has 0 spiro atoms. The topological polar surface area (TPSA) is 64.4 Å². The summed E-state index contributed by atoms with van der Waals surface area (Å²) in [6.45, 7) is 5.24. The van der Waals surface area contributed by atoms with Gasteiger partial charge in [-0.1, -0.05) is 13.8 Å². The first-order chi connectivity index (χ1) is 7.07. The summed E-state index contributed by atoms with van der Waals surface area (Å²) < 4.78 is 5.76. The first kappa shape index (κ1) is 13.7. The molecule has 1 saturated carbocycles. The Morgan fingerprint density at radius 3 is 2.88 bits per heavy atom. The van der Waals surface area contributed by atoms with E-state index in [4.69, 9.17) is 10.5 Å². The van der Waals surface area contributed by atoms with Crippen LogP contribution < -0.4 is 11.1 Å². The van der Waals surface area contributed by atoms with Gasteiger partial charge in [-0.2, -0.15) is 0 Å². The van der Waals surface area contributed by atoms with Crippen LogP contribution in [0.2, 0.25) is 0 Å². The summed E-state index contributed by atoms with van der Waals surface area (Å²) in [7, 11) is 0. The summed E-state index contributed by atoms with van der Waals surface area (Å²) in [6, 6.07) is 0.235. The lowest BCUT2D eigenvalue weighted by Gasteiger charge is -2.59. The van der Waals surface area contributed by atoms with E-state index in [9.17, 15) is 4.79 Å². The zero-order valence-electron chi connectivity index (χ0n) is 9.86. The second-order valence-electron chi connectivity index (χ2n) is 5.17. The third-order valence-corrected chi connectivity index (χ3v) is 3.83. The van der Waals surface area contributed by atoms with Crippen LogP contribution in [0, 0.1) is 11.3 Å². The summed E-state index contributed by atoms with van der Waals surface area (Å²) in [5, 5.41) is 3.01. The van der Waals surface area contributed by atoms with Crippen molar-refractivity contribution in [2.75, 3.05) is 13.2 Å². The van der Waals surface area contributed by atoms with Gasteiger partial charge in [0.15, 0.2) is 0 Å². The number of hydrogen-bond donors (Lipinski definition) is 2. The molecule has 3 atom stereocenters. The number of carbonyl (C=O) groups is 1. The van der Waals surface area contributed by atoms with E-state index < -0.39 is 0 Å². The van der Waals surface area contributed by atoms with Crippen LogP contribution in [0.25, 0.3) is 0 Å². The molecule has 1 saturated heterocycles. The Bertz CT molecular complexity index is 271. The van der Waals surface area contributed by atoms with Crippen molar-refractivity contribution in [3.63, 3.8) is 0 Å². The van der Waals surface area contributed by atoms with Crippen molar-refractivity contribution in [1.82, 2.24) is 5.32 Å². The van der Waals surface area contributed by atoms with Gasteiger partial charge in [0.1, 0.15) is 0 Å². The van der Waals surface area contributed by atoms with Crippen molar-refractivity contribution in [3.05, 3.63) is 0 Å². The van der Waals surface area contributed by atoms with Gasteiger partial charge in [-0.3, -0.25) is 4.79 Å². The molecule has 3 N–H and O–H groups in total. The molecule has 1 heterocycles. The molecule has 0 aromatic carbocycles. The van der Waals surface area contributed by atoms with Crippen molar-refractivity contribution < 1.29 is 9.53 Å². The fourth-order valence-corrected chi connectivity index (χ4v) is 3.05. The highest BCUT2D eigenvalue weighted by atomic mass is 35.5. The van der Waals surface area contributed by atoms with Gasteiger partial charge in [-0.05, 0) is 12.8 Å². The number of nitrogens with one attached hydrogen (secondary N) is 1. The summed E-state index contributed by atoms with van der Waals surface area (Å²) in [5.41, 5.74) is 5.36. The Labute approximate surface area is 103 Å². The molecule has 5 heteroatoms. The maximum Gasteiger partial charge on any atom is 0.233 e. The van der Waals surface area contributed by atoms with Crippen molar-refractivity contribution in [1.29, 1.82) is 0 Å². The van der Waals surface area contributed by atoms with Gasteiger partial charge in [-0.15, -0.1) is 12.4 Å². The van der Waals surface area contributed by atoms with E-state index in [1.807, 2.05) is 0 Å². The van der Waals surface area contributed by atoms with E-state index in [2.05, 4.69) is 19.2 Å². The van der Waals surface area contributed by atoms with Crippen molar-refractivity contribution in [2.24, 2.45) is 17.1 Å². The summed E-state index contributed by atoms with van der Waals surface area (Å²) in [4.78, 5) is 11.3. The zero-order chi connectivity index (χ0) is 11.1. The van der Waals surface area contributed by atoms with Crippen LogP contribution in [0.1, 0.15) is 26.7 Å². The molecule has 3 unspecified atom stereocenters. The molecule has 1 aliphatic carbocycles. The Balaban J connectivity index is 0.00000128. The maximum atomic E-state index is 11.3. The number of fused-ring (bicyclic) bond motifs is 1. The van der Waals surface area contributed by atoms with Gasteiger partial charge in [0, 0.05) is 24.0 Å². The quantitative estimate of drug-likeness (QED) is 0.756. The van der Waals surface area contributed by atoms with Crippen molar-refractivity contribution in [2.45, 2.75) is 38.8 Å². The molecule has 16 heavy (non-hydrogen) atoms. The van der Waals surface area contributed by atoms with Gasteiger partial charge in [0.2, 0.25) is 5.91 Å². The normalized spacial score (nSPS) is 35.3. The van der Waals surface area contributed by atoms with E-state index >= 15 is 0 Å². The number of halogens is 1. The summed E-state index contributed by atoms with van der Waals surface area (Å²) in [6.07, 6.45) is 2.57. The lowest BCUT2D eigenvalue weighted by molar-refractivity contribution is -0.193. The number of carbonyl (C=O) groups excluding carboxylic acids is 1. The average Bonchev–Trinajstić information content (AvgIpc) is 2.25. The highest BCUT2D eigenvalue weighted by molar-refractivity contribution is 5.85. The minimum Gasteiger partial charge on any atom is -0.377 e. The van der Waals surface area contributed by atoms with Crippen molar-refractivity contribution >= 4 is 18.3 Å². The van der Waals surface area contributed by atoms with E-state index in [0.717, 1.165) is 19.4 Å². The molecule has 0 aromatic rings. The first-order valence-electron chi connectivity index (χ1n) is 5.68. The minimum atomic E-state index is -0.0582. The fraction of sp³-hybridized carbons (Fsp3) is 0.909. The van der Waals surface area contributed by atoms with Crippen LogP contribution in [0.5, 0.6) is 0 Å². The van der Waals surface area contributed by atoms with E-state index in [1.165, 1.54) is 0 Å². The molecule has 94 valence electrons. The maximum absolute atomic E-state index is 11.3. The minimum absolute atomic E-state index is 0. The highest BCUT2D eigenvalue weighted by Crippen LogP contribution is 2.51. The Morgan fingerprint density at radius 1 is 1.56 bits per heavy atom. The number of rotatable bonds is 2. The smallest absolute Gasteiger partial charge is 0.233 e. The van der Waals surface area contributed by atoms with Crippen LogP contribution in [-0.2, 0) is 9.53 Å². The monoisotopic (exact) mass is 248 g/mol. The second-order valence-corrected chi connectivity index (χ2v) is 5.17. The molecule has 0 aromatic heterocycles. The van der Waals surface area contributed by atoms with Gasteiger partial charge < -0.3 is 15.8 Å². The number of amides is 1. The SMILES string of the molecule is CC1(C)C(NC(=O)CN)C2CCCOC21.Cl. The standard InChI is InChI=1S/C11H20N2O2.ClH/c1-11(2)9(13-8(14)6-12)7-4-3-5-15-10(7)11;/h7,9-10H,3-6,12H2,1-2H3,(H,13,14);1H. The summed E-state index contributed by atoms with van der Waals surface area (Å²) in [5.74, 6) is 0.432. The highest BCUT2D eigenvalue weighted by Gasteiger charge is 2.58. The second kappa shape index (κ2) is 4.90. The Kier molecular flexibility index (Phi) is 4.21. The van der Waals surface area contributed by atoms with Gasteiger partial charge >= 0.3 is 0 Å². The predicted octanol–water partition coefficient (Wildman–Crippen LogP) is 0.687. The molecule has 2 fully saturated rings. The molecular formula is C11H21ClN2O2. The molecular weight excluding hydrogens is 228 g/mol. The van der Waals surface area contributed by atoms with Crippen molar-refractivity contribution in [3.8, 4) is 0 Å². The third kappa shape index (κ3) is 2.06. The number of ether oxygens (including phenoxy) is 1. The van der Waals surface area contributed by atoms with Crippen LogP contribution in [0.15, 0.2) is 0 Å². The zero-order valence-corrected chi connectivity index (χ0v) is 10.7. The number of nitrogens with two attached hydrogens (primary N) is 1. The van der Waals surface area contributed by atoms with E-state index in [1.54, 1.807) is 0 Å². The predicted molar refractivity (Wildman–Crippen MR) is 64.5 cm³/mol. The summed E-state index contributed by atoms with van der Waals surface area (Å²) >= 11 is 0. The Hall–Kier alpha value is -0.320. The van der Waals surface area contributed by atoms with Crippen LogP contribution in [-0.4, -0.2) is 31.2 Å². The molecule has 0 radical (unpaired) electrons. The van der Waals surface area contributed by atoms with E-state index in [0.29, 0.717) is 12.0 Å². The lowest BCUT2D eigenvalue weighted by Crippen LogP contribution is -2.70. The molecule has 1 aliphatic heterocycles. The van der Waals surface area contributed by atoms with Gasteiger partial charge in [-0.25, -0.2) is 0 Å². The molecule has 2 rings (SSSR count). The van der Waals surface area contributed by atoms with Crippen LogP contribution in [0.3, 0.4) is 0 Å². The largest absolute Gasteiger partial charge is 0.377 e.